The number of Topliss-reactive ketones (excluding diaryl/α,β-unsaturated/α-hetero) is 1. The van der Waals surface area contributed by atoms with Crippen LogP contribution in [-0.4, -0.2) is 74.8 Å². The van der Waals surface area contributed by atoms with Gasteiger partial charge in [0.25, 0.3) is 0 Å². The molecule has 1 amide bonds. The molecule has 1 aliphatic heterocycles. The van der Waals surface area contributed by atoms with Crippen LogP contribution in [0.25, 0.3) is 0 Å². The molecule has 3 aliphatic carbocycles. The molecule has 3 saturated carbocycles. The fraction of sp³-hybridized carbons (Fsp3) is 0.600. The van der Waals surface area contributed by atoms with Crippen molar-refractivity contribution in [2.24, 2.45) is 28.9 Å². The van der Waals surface area contributed by atoms with Crippen molar-refractivity contribution >= 4 is 11.7 Å². The molecular formula is C45H65N3O7. The van der Waals surface area contributed by atoms with Crippen molar-refractivity contribution in [2.45, 2.75) is 128 Å². The molecule has 1 aromatic rings. The van der Waals surface area contributed by atoms with Crippen LogP contribution in [0.3, 0.4) is 0 Å². The Morgan fingerprint density at radius 2 is 1.96 bits per heavy atom. The van der Waals surface area contributed by atoms with Gasteiger partial charge in [0.1, 0.15) is 12.2 Å². The Hall–Kier alpha value is -3.22. The number of carbonyl (C=O) groups excluding carboxylic acids is 2. The average Bonchev–Trinajstić information content (AvgIpc) is 3.31. The summed E-state index contributed by atoms with van der Waals surface area (Å²) in [5.74, 6) is -1.15. The fourth-order valence-electron chi connectivity index (χ4n) is 10.5. The second-order valence-corrected chi connectivity index (χ2v) is 16.9. The minimum Gasteiger partial charge on any atom is -0.396 e. The second kappa shape index (κ2) is 18.4. The van der Waals surface area contributed by atoms with Gasteiger partial charge in [0.2, 0.25) is 5.91 Å². The summed E-state index contributed by atoms with van der Waals surface area (Å²) in [6, 6.07) is 4.73. The van der Waals surface area contributed by atoms with E-state index in [4.69, 9.17) is 5.73 Å². The van der Waals surface area contributed by atoms with Gasteiger partial charge >= 0.3 is 0 Å². The van der Waals surface area contributed by atoms with Crippen LogP contribution < -0.4 is 16.4 Å². The number of aliphatic hydroxyl groups excluding tert-OH is 4. The van der Waals surface area contributed by atoms with Gasteiger partial charge < -0.3 is 36.6 Å². The SMILES string of the molecule is C=C(C=CC=C(CO)C1C2CCCC3(O)CCC(=C(C)C(=O)Cc4cccc5c4C(NCC(C)O)C(=O)NC5N)C(CCCO)C3(C2)C1O)CCC=C(C)C. The Labute approximate surface area is 327 Å². The monoisotopic (exact) mass is 759 g/mol. The Morgan fingerprint density at radius 3 is 2.65 bits per heavy atom. The summed E-state index contributed by atoms with van der Waals surface area (Å²) in [5.41, 5.74) is 10.7. The first-order valence-corrected chi connectivity index (χ1v) is 20.3. The summed E-state index contributed by atoms with van der Waals surface area (Å²) >= 11 is 0. The molecule has 1 spiro atoms. The molecule has 302 valence electrons. The summed E-state index contributed by atoms with van der Waals surface area (Å²) in [4.78, 5) is 27.6. The van der Waals surface area contributed by atoms with E-state index in [9.17, 15) is 35.1 Å². The minimum atomic E-state index is -1.18. The Bertz CT molecular complexity index is 1710. The van der Waals surface area contributed by atoms with Crippen LogP contribution in [0.4, 0.5) is 0 Å². The van der Waals surface area contributed by atoms with E-state index in [1.807, 2.05) is 43.4 Å². The number of rotatable bonds is 16. The largest absolute Gasteiger partial charge is 0.396 e. The molecule has 9 atom stereocenters. The normalized spacial score (nSPS) is 32.0. The highest BCUT2D eigenvalue weighted by Crippen LogP contribution is 2.67. The van der Waals surface area contributed by atoms with Crippen LogP contribution in [-0.2, 0) is 16.0 Å². The third kappa shape index (κ3) is 8.86. The lowest BCUT2D eigenvalue weighted by molar-refractivity contribution is -0.181. The van der Waals surface area contributed by atoms with Gasteiger partial charge in [0.15, 0.2) is 5.78 Å². The maximum absolute atomic E-state index is 14.5. The van der Waals surface area contributed by atoms with Crippen molar-refractivity contribution in [3.8, 4) is 0 Å². The molecule has 0 radical (unpaired) electrons. The van der Waals surface area contributed by atoms with Crippen LogP contribution >= 0.6 is 0 Å². The van der Waals surface area contributed by atoms with Crippen LogP contribution in [0, 0.1) is 23.2 Å². The number of nitrogens with one attached hydrogen (secondary N) is 2. The van der Waals surface area contributed by atoms with Gasteiger partial charge in [-0.3, -0.25) is 14.9 Å². The molecule has 3 fully saturated rings. The predicted molar refractivity (Wildman–Crippen MR) is 215 cm³/mol. The van der Waals surface area contributed by atoms with Gasteiger partial charge in [0, 0.05) is 30.9 Å². The first-order chi connectivity index (χ1) is 26.2. The molecule has 1 aromatic carbocycles. The lowest BCUT2D eigenvalue weighted by atomic mass is 9.51. The quantitative estimate of drug-likeness (QED) is 0.0648. The molecule has 5 rings (SSSR count). The van der Waals surface area contributed by atoms with Crippen molar-refractivity contribution in [1.29, 1.82) is 0 Å². The van der Waals surface area contributed by atoms with Crippen LogP contribution in [0.5, 0.6) is 0 Å². The number of fused-ring (bicyclic) bond motifs is 2. The number of benzene rings is 1. The molecule has 1 heterocycles. The minimum absolute atomic E-state index is 0.0204. The number of hydrogen-bond acceptors (Lipinski definition) is 9. The third-order valence-electron chi connectivity index (χ3n) is 13.1. The van der Waals surface area contributed by atoms with Crippen molar-refractivity contribution in [3.05, 3.63) is 93.6 Å². The van der Waals surface area contributed by atoms with Crippen LogP contribution in [0.1, 0.15) is 121 Å². The van der Waals surface area contributed by atoms with E-state index in [1.165, 1.54) is 5.57 Å². The number of nitrogens with two attached hydrogens (primary N) is 1. The van der Waals surface area contributed by atoms with E-state index in [2.05, 4.69) is 37.1 Å². The average molecular weight is 760 g/mol. The molecule has 10 heteroatoms. The zero-order valence-corrected chi connectivity index (χ0v) is 33.3. The number of ketones is 1. The lowest BCUT2D eigenvalue weighted by Gasteiger charge is -2.57. The zero-order valence-electron chi connectivity index (χ0n) is 33.3. The number of hydrogen-bond donors (Lipinski definition) is 8. The molecule has 0 saturated heterocycles. The standard InChI is InChI=1S/C45H65N3O7/c1-27(2)11-6-12-28(3)13-7-15-33(26-50)38-32-16-9-20-44(55)21-19-34(36(18-10-22-49)45(44,24-32)41(38)53)30(5)37(52)23-31-14-8-17-35-39(31)40(47-25-29(4)51)43(54)48-42(35)46/h7-8,11,13-15,17,29,32,36,38,40-42,47,49-51,53,55H,3,6,9-10,12,16,18-26,46H2,1-2,4-5H3,(H,48,54). The van der Waals surface area contributed by atoms with Crippen molar-refractivity contribution in [2.75, 3.05) is 19.8 Å². The molecule has 10 nitrogen and oxygen atoms in total. The maximum Gasteiger partial charge on any atom is 0.243 e. The van der Waals surface area contributed by atoms with Gasteiger partial charge in [-0.2, -0.15) is 0 Å². The Balaban J connectivity index is 1.50. The molecule has 4 aliphatic rings. The first kappa shape index (κ1) is 42.9. The van der Waals surface area contributed by atoms with E-state index in [0.29, 0.717) is 60.8 Å². The Kier molecular flexibility index (Phi) is 14.3. The Morgan fingerprint density at radius 1 is 1.20 bits per heavy atom. The number of amides is 1. The topological polar surface area (TPSA) is 185 Å². The number of aliphatic hydroxyl groups is 5. The van der Waals surface area contributed by atoms with Crippen molar-refractivity contribution in [3.63, 3.8) is 0 Å². The second-order valence-electron chi connectivity index (χ2n) is 16.9. The van der Waals surface area contributed by atoms with Gasteiger partial charge in [-0.1, -0.05) is 72.2 Å². The smallest absolute Gasteiger partial charge is 0.243 e. The zero-order chi connectivity index (χ0) is 40.1. The highest BCUT2D eigenvalue weighted by atomic mass is 16.3. The molecule has 0 aromatic heterocycles. The predicted octanol–water partition coefficient (Wildman–Crippen LogP) is 5.07. The molecule has 2 bridgehead atoms. The molecular weight excluding hydrogens is 695 g/mol. The summed E-state index contributed by atoms with van der Waals surface area (Å²) in [6.45, 7) is 11.7. The van der Waals surface area contributed by atoms with E-state index in [-0.39, 0.29) is 55.6 Å². The van der Waals surface area contributed by atoms with Gasteiger partial charge in [0.05, 0.1) is 24.4 Å². The summed E-state index contributed by atoms with van der Waals surface area (Å²) in [6.07, 6.45) is 11.9. The van der Waals surface area contributed by atoms with Crippen molar-refractivity contribution < 1.29 is 35.1 Å². The number of allylic oxidation sites excluding steroid dienone is 8. The van der Waals surface area contributed by atoms with Crippen LogP contribution in [0.15, 0.2) is 76.9 Å². The summed E-state index contributed by atoms with van der Waals surface area (Å²) < 4.78 is 0. The lowest BCUT2D eigenvalue weighted by Crippen LogP contribution is -2.61. The van der Waals surface area contributed by atoms with E-state index in [1.54, 1.807) is 6.92 Å². The highest BCUT2D eigenvalue weighted by molar-refractivity contribution is 5.98. The maximum atomic E-state index is 14.5. The molecule has 9 N–H and O–H groups in total. The highest BCUT2D eigenvalue weighted by Gasteiger charge is 2.68. The fourth-order valence-corrected chi connectivity index (χ4v) is 10.5. The van der Waals surface area contributed by atoms with E-state index >= 15 is 0 Å². The van der Waals surface area contributed by atoms with E-state index < -0.39 is 35.4 Å². The molecule has 9 unspecified atom stereocenters. The summed E-state index contributed by atoms with van der Waals surface area (Å²) in [7, 11) is 0. The molecule has 55 heavy (non-hydrogen) atoms. The number of carbonyl (C=O) groups is 2. The van der Waals surface area contributed by atoms with E-state index in [0.717, 1.165) is 42.4 Å². The van der Waals surface area contributed by atoms with Gasteiger partial charge in [-0.05, 0) is 125 Å². The first-order valence-electron chi connectivity index (χ1n) is 20.3. The summed E-state index contributed by atoms with van der Waals surface area (Å²) in [5, 5.41) is 62.1. The third-order valence-corrected chi connectivity index (χ3v) is 13.1. The van der Waals surface area contributed by atoms with Gasteiger partial charge in [-0.25, -0.2) is 0 Å². The van der Waals surface area contributed by atoms with Crippen molar-refractivity contribution in [1.82, 2.24) is 10.6 Å². The van der Waals surface area contributed by atoms with Crippen LogP contribution in [0.2, 0.25) is 0 Å². The van der Waals surface area contributed by atoms with Gasteiger partial charge in [-0.15, -0.1) is 0 Å².